The molecule has 0 atom stereocenters. The van der Waals surface area contributed by atoms with Crippen molar-refractivity contribution in [3.63, 3.8) is 0 Å². The SMILES string of the molecule is CN(C)CCN(C(=O)CCS(=O)(=O)c1ccccc1)c1nc2c(F)cc(F)cc2s1. The molecule has 3 rings (SSSR count). The number of fused-ring (bicyclic) bond motifs is 1. The predicted octanol–water partition coefficient (Wildman–Crippen LogP) is 3.33. The first-order valence-electron chi connectivity index (χ1n) is 9.16. The highest BCUT2D eigenvalue weighted by Gasteiger charge is 2.24. The van der Waals surface area contributed by atoms with Crippen LogP contribution >= 0.6 is 11.3 Å². The summed E-state index contributed by atoms with van der Waals surface area (Å²) in [5, 5.41) is 0.207. The monoisotopic (exact) mass is 453 g/mol. The van der Waals surface area contributed by atoms with Crippen LogP contribution in [0.15, 0.2) is 47.4 Å². The van der Waals surface area contributed by atoms with Crippen molar-refractivity contribution in [3.8, 4) is 0 Å². The van der Waals surface area contributed by atoms with E-state index < -0.39 is 27.4 Å². The Morgan fingerprint density at radius 3 is 2.47 bits per heavy atom. The lowest BCUT2D eigenvalue weighted by Gasteiger charge is -2.22. The number of rotatable bonds is 8. The van der Waals surface area contributed by atoms with E-state index in [4.69, 9.17) is 0 Å². The number of amides is 1. The van der Waals surface area contributed by atoms with E-state index in [1.807, 2.05) is 19.0 Å². The van der Waals surface area contributed by atoms with Crippen molar-refractivity contribution < 1.29 is 22.0 Å². The lowest BCUT2D eigenvalue weighted by molar-refractivity contribution is -0.118. The highest BCUT2D eigenvalue weighted by atomic mass is 32.2. The number of likely N-dealkylation sites (N-methyl/N-ethyl adjacent to an activating group) is 1. The molecule has 0 unspecified atom stereocenters. The second-order valence-corrected chi connectivity index (χ2v) is 10.1. The number of nitrogens with zero attached hydrogens (tertiary/aromatic N) is 3. The van der Waals surface area contributed by atoms with Gasteiger partial charge in [-0.3, -0.25) is 9.69 Å². The van der Waals surface area contributed by atoms with Crippen molar-refractivity contribution in [2.45, 2.75) is 11.3 Å². The summed E-state index contributed by atoms with van der Waals surface area (Å²) in [6.45, 7) is 0.727. The van der Waals surface area contributed by atoms with Gasteiger partial charge >= 0.3 is 0 Å². The van der Waals surface area contributed by atoms with Crippen LogP contribution in [0.2, 0.25) is 0 Å². The predicted molar refractivity (Wildman–Crippen MR) is 114 cm³/mol. The minimum Gasteiger partial charge on any atom is -0.308 e. The summed E-state index contributed by atoms with van der Waals surface area (Å²) in [6.07, 6.45) is -0.253. The zero-order valence-corrected chi connectivity index (χ0v) is 18.1. The third-order valence-corrected chi connectivity index (χ3v) is 7.15. The molecule has 2 aromatic carbocycles. The number of sulfone groups is 1. The Kier molecular flexibility index (Phi) is 6.79. The number of benzene rings is 2. The molecule has 0 spiro atoms. The standard InChI is InChI=1S/C20H21F2N3O3S2/c1-24(2)9-10-25(20-23-19-16(22)12-14(21)13-17(19)29-20)18(26)8-11-30(27,28)15-6-4-3-5-7-15/h3-7,12-13H,8-11H2,1-2H3. The summed E-state index contributed by atoms with van der Waals surface area (Å²) in [7, 11) is 0.0348. The molecule has 160 valence electrons. The van der Waals surface area contributed by atoms with Crippen LogP contribution in [0.3, 0.4) is 0 Å². The Morgan fingerprint density at radius 2 is 1.80 bits per heavy atom. The van der Waals surface area contributed by atoms with Crippen molar-refractivity contribution in [1.82, 2.24) is 9.88 Å². The maximum Gasteiger partial charge on any atom is 0.229 e. The molecule has 0 N–H and O–H groups in total. The van der Waals surface area contributed by atoms with Crippen molar-refractivity contribution >= 4 is 42.4 Å². The van der Waals surface area contributed by atoms with Gasteiger partial charge in [0.25, 0.3) is 0 Å². The van der Waals surface area contributed by atoms with E-state index in [0.717, 1.165) is 23.5 Å². The van der Waals surface area contributed by atoms with Crippen LogP contribution in [0.1, 0.15) is 6.42 Å². The van der Waals surface area contributed by atoms with E-state index in [1.165, 1.54) is 17.0 Å². The van der Waals surface area contributed by atoms with Gasteiger partial charge in [0.05, 0.1) is 15.3 Å². The van der Waals surface area contributed by atoms with Gasteiger partial charge in [-0.2, -0.15) is 0 Å². The lowest BCUT2D eigenvalue weighted by atomic mass is 10.3. The van der Waals surface area contributed by atoms with Crippen molar-refractivity contribution in [1.29, 1.82) is 0 Å². The molecule has 0 saturated heterocycles. The largest absolute Gasteiger partial charge is 0.308 e. The normalized spacial score (nSPS) is 11.9. The molecule has 1 heterocycles. The number of carbonyl (C=O) groups excluding carboxylic acids is 1. The molecular weight excluding hydrogens is 432 g/mol. The summed E-state index contributed by atoms with van der Waals surface area (Å²) in [5.74, 6) is -2.34. The van der Waals surface area contributed by atoms with E-state index in [9.17, 15) is 22.0 Å². The summed E-state index contributed by atoms with van der Waals surface area (Å²) in [6, 6.07) is 9.81. The van der Waals surface area contributed by atoms with Gasteiger partial charge in [0.2, 0.25) is 5.91 Å². The van der Waals surface area contributed by atoms with Crippen LogP contribution < -0.4 is 4.90 Å². The number of halogens is 2. The smallest absolute Gasteiger partial charge is 0.229 e. The van der Waals surface area contributed by atoms with Crippen LogP contribution in [0.4, 0.5) is 13.9 Å². The maximum atomic E-state index is 14.0. The van der Waals surface area contributed by atoms with Gasteiger partial charge in [-0.25, -0.2) is 22.2 Å². The molecule has 10 heteroatoms. The van der Waals surface area contributed by atoms with Crippen molar-refractivity contribution in [2.24, 2.45) is 0 Å². The van der Waals surface area contributed by atoms with Crippen LogP contribution in [-0.2, 0) is 14.6 Å². The Bertz CT molecular complexity index is 1150. The van der Waals surface area contributed by atoms with Gasteiger partial charge in [0.15, 0.2) is 20.8 Å². The van der Waals surface area contributed by atoms with Crippen molar-refractivity contribution in [3.05, 3.63) is 54.1 Å². The average molecular weight is 454 g/mol. The molecule has 1 aromatic heterocycles. The molecule has 6 nitrogen and oxygen atoms in total. The summed E-state index contributed by atoms with van der Waals surface area (Å²) >= 11 is 0.989. The summed E-state index contributed by atoms with van der Waals surface area (Å²) in [4.78, 5) is 20.4. The first-order valence-corrected chi connectivity index (χ1v) is 11.6. The first kappa shape index (κ1) is 22.3. The lowest BCUT2D eigenvalue weighted by Crippen LogP contribution is -2.37. The molecule has 1 amide bonds. The van der Waals surface area contributed by atoms with Crippen LogP contribution in [0, 0.1) is 11.6 Å². The van der Waals surface area contributed by atoms with Gasteiger partial charge in [-0.15, -0.1) is 0 Å². The highest BCUT2D eigenvalue weighted by Crippen LogP contribution is 2.31. The second-order valence-electron chi connectivity index (χ2n) is 6.96. The minimum absolute atomic E-state index is 0.0176. The zero-order chi connectivity index (χ0) is 21.9. The summed E-state index contributed by atoms with van der Waals surface area (Å²) in [5.41, 5.74) is -0.0176. The van der Waals surface area contributed by atoms with Crippen LogP contribution in [-0.4, -0.2) is 57.1 Å². The van der Waals surface area contributed by atoms with E-state index >= 15 is 0 Å². The third kappa shape index (κ3) is 5.18. The van der Waals surface area contributed by atoms with E-state index in [2.05, 4.69) is 4.98 Å². The van der Waals surface area contributed by atoms with Gasteiger partial charge in [-0.1, -0.05) is 29.5 Å². The molecule has 0 saturated carbocycles. The van der Waals surface area contributed by atoms with Gasteiger partial charge in [0, 0.05) is 25.6 Å². The van der Waals surface area contributed by atoms with Crippen molar-refractivity contribution in [2.75, 3.05) is 37.8 Å². The maximum absolute atomic E-state index is 14.0. The number of hydrogen-bond acceptors (Lipinski definition) is 6. The topological polar surface area (TPSA) is 70.6 Å². The van der Waals surface area contributed by atoms with Gasteiger partial charge < -0.3 is 4.90 Å². The zero-order valence-electron chi connectivity index (χ0n) is 16.5. The number of carbonyl (C=O) groups is 1. The van der Waals surface area contributed by atoms with Gasteiger partial charge in [0.1, 0.15) is 11.3 Å². The molecule has 0 fully saturated rings. The van der Waals surface area contributed by atoms with Crippen LogP contribution in [0.5, 0.6) is 0 Å². The minimum atomic E-state index is -3.62. The second kappa shape index (κ2) is 9.15. The Hall–Kier alpha value is -2.43. The number of hydrogen-bond donors (Lipinski definition) is 0. The molecular formula is C20H21F2N3O3S2. The molecule has 0 aliphatic heterocycles. The third-order valence-electron chi connectivity index (χ3n) is 4.39. The Morgan fingerprint density at radius 1 is 1.10 bits per heavy atom. The molecule has 0 radical (unpaired) electrons. The average Bonchev–Trinajstić information content (AvgIpc) is 3.11. The highest BCUT2D eigenvalue weighted by molar-refractivity contribution is 7.91. The molecule has 0 aliphatic carbocycles. The fourth-order valence-corrected chi connectivity index (χ4v) is 5.09. The van der Waals surface area contributed by atoms with E-state index in [1.54, 1.807) is 18.2 Å². The van der Waals surface area contributed by atoms with E-state index in [0.29, 0.717) is 6.54 Å². The fraction of sp³-hybridized carbons (Fsp3) is 0.300. The molecule has 0 aliphatic rings. The molecule has 30 heavy (non-hydrogen) atoms. The van der Waals surface area contributed by atoms with Gasteiger partial charge in [-0.05, 0) is 32.3 Å². The van der Waals surface area contributed by atoms with E-state index in [-0.39, 0.29) is 39.0 Å². The fourth-order valence-electron chi connectivity index (χ4n) is 2.79. The Balaban J connectivity index is 1.84. The number of aromatic nitrogens is 1. The van der Waals surface area contributed by atoms with Crippen LogP contribution in [0.25, 0.3) is 10.2 Å². The number of thiazole rings is 1. The quantitative estimate of drug-likeness (QED) is 0.523. The molecule has 3 aromatic rings. The Labute approximate surface area is 177 Å². The first-order chi connectivity index (χ1) is 14.2. The number of anilines is 1. The molecule has 0 bridgehead atoms. The summed E-state index contributed by atoms with van der Waals surface area (Å²) < 4.78 is 52.8.